The van der Waals surface area contributed by atoms with Crippen LogP contribution in [0.4, 0.5) is 5.69 Å². The van der Waals surface area contributed by atoms with Crippen molar-refractivity contribution in [3.63, 3.8) is 0 Å². The fourth-order valence-corrected chi connectivity index (χ4v) is 4.17. The molecule has 1 aliphatic rings. The topological polar surface area (TPSA) is 29.4 Å². The highest BCUT2D eigenvalue weighted by Crippen LogP contribution is 2.30. The number of benzene rings is 1. The molecule has 0 spiro atoms. The Morgan fingerprint density at radius 2 is 1.87 bits per heavy atom. The SMILES string of the molecule is O=S1(=Nc2cc(Cl)ccc2Cl)CCCC1. The van der Waals surface area contributed by atoms with Crippen molar-refractivity contribution in [2.75, 3.05) is 11.5 Å². The minimum absolute atomic E-state index is 0.508. The third-order valence-corrected chi connectivity index (χ3v) is 5.29. The van der Waals surface area contributed by atoms with Gasteiger partial charge < -0.3 is 0 Å². The van der Waals surface area contributed by atoms with Crippen molar-refractivity contribution in [1.82, 2.24) is 0 Å². The molecule has 0 radical (unpaired) electrons. The van der Waals surface area contributed by atoms with E-state index in [1.54, 1.807) is 18.2 Å². The molecule has 0 atom stereocenters. The van der Waals surface area contributed by atoms with E-state index >= 15 is 0 Å². The Morgan fingerprint density at radius 1 is 1.20 bits per heavy atom. The molecule has 15 heavy (non-hydrogen) atoms. The summed E-state index contributed by atoms with van der Waals surface area (Å²) < 4.78 is 16.4. The van der Waals surface area contributed by atoms with Crippen molar-refractivity contribution in [3.8, 4) is 0 Å². The Morgan fingerprint density at radius 3 is 2.53 bits per heavy atom. The number of hydrogen-bond donors (Lipinski definition) is 0. The molecule has 5 heteroatoms. The van der Waals surface area contributed by atoms with E-state index in [-0.39, 0.29) is 0 Å². The summed E-state index contributed by atoms with van der Waals surface area (Å²) in [5.74, 6) is 1.35. The van der Waals surface area contributed by atoms with Crippen LogP contribution in [0.3, 0.4) is 0 Å². The summed E-state index contributed by atoms with van der Waals surface area (Å²) in [4.78, 5) is 0. The van der Waals surface area contributed by atoms with Crippen LogP contribution in [0.2, 0.25) is 10.0 Å². The van der Waals surface area contributed by atoms with Crippen LogP contribution in [-0.2, 0) is 9.73 Å². The summed E-state index contributed by atoms with van der Waals surface area (Å²) in [6, 6.07) is 5.04. The van der Waals surface area contributed by atoms with Gasteiger partial charge in [-0.05, 0) is 31.0 Å². The van der Waals surface area contributed by atoms with Crippen LogP contribution in [0.5, 0.6) is 0 Å². The highest BCUT2D eigenvalue weighted by atomic mass is 35.5. The molecule has 1 aliphatic heterocycles. The molecule has 82 valence electrons. The van der Waals surface area contributed by atoms with Crippen molar-refractivity contribution in [1.29, 1.82) is 0 Å². The molecule has 1 saturated heterocycles. The molecule has 0 saturated carbocycles. The van der Waals surface area contributed by atoms with Crippen LogP contribution in [-0.4, -0.2) is 15.7 Å². The average molecular weight is 264 g/mol. The molecule has 0 amide bonds. The largest absolute Gasteiger partial charge is 0.249 e. The molecule has 1 heterocycles. The number of rotatable bonds is 1. The highest BCUT2D eigenvalue weighted by Gasteiger charge is 2.16. The molecule has 1 aromatic carbocycles. The van der Waals surface area contributed by atoms with Crippen molar-refractivity contribution in [3.05, 3.63) is 28.2 Å². The minimum atomic E-state index is -2.06. The van der Waals surface area contributed by atoms with Crippen LogP contribution in [0.25, 0.3) is 0 Å². The Kier molecular flexibility index (Phi) is 3.24. The van der Waals surface area contributed by atoms with Crippen LogP contribution >= 0.6 is 23.2 Å². The number of nitrogens with zero attached hydrogens (tertiary/aromatic N) is 1. The summed E-state index contributed by atoms with van der Waals surface area (Å²) in [6.45, 7) is 0. The summed E-state index contributed by atoms with van der Waals surface area (Å²) in [7, 11) is -2.06. The van der Waals surface area contributed by atoms with E-state index in [9.17, 15) is 4.21 Å². The lowest BCUT2D eigenvalue weighted by Gasteiger charge is -2.02. The first-order valence-electron chi connectivity index (χ1n) is 4.77. The van der Waals surface area contributed by atoms with E-state index in [0.29, 0.717) is 27.2 Å². The third kappa shape index (κ3) is 2.65. The van der Waals surface area contributed by atoms with Crippen molar-refractivity contribution < 1.29 is 4.21 Å². The Balaban J connectivity index is 2.46. The van der Waals surface area contributed by atoms with Crippen molar-refractivity contribution in [2.45, 2.75) is 12.8 Å². The average Bonchev–Trinajstić information content (AvgIpc) is 2.59. The van der Waals surface area contributed by atoms with Crippen LogP contribution in [0, 0.1) is 0 Å². The number of hydrogen-bond acceptors (Lipinski definition) is 2. The Bertz CT molecular complexity index is 480. The maximum absolute atomic E-state index is 12.1. The monoisotopic (exact) mass is 263 g/mol. The predicted molar refractivity (Wildman–Crippen MR) is 65.7 cm³/mol. The molecule has 0 unspecified atom stereocenters. The lowest BCUT2D eigenvalue weighted by Crippen LogP contribution is -1.99. The van der Waals surface area contributed by atoms with Gasteiger partial charge in [-0.3, -0.25) is 0 Å². The maximum Gasteiger partial charge on any atom is 0.0931 e. The van der Waals surface area contributed by atoms with Crippen LogP contribution < -0.4 is 0 Å². The van der Waals surface area contributed by atoms with Gasteiger partial charge in [0.05, 0.1) is 20.4 Å². The predicted octanol–water partition coefficient (Wildman–Crippen LogP) is 3.89. The van der Waals surface area contributed by atoms with Crippen molar-refractivity contribution >= 4 is 38.6 Å². The Labute approximate surface area is 99.8 Å². The zero-order valence-corrected chi connectivity index (χ0v) is 10.4. The standard InChI is InChI=1S/C10H11Cl2NOS/c11-8-3-4-9(12)10(7-8)13-15(14)5-1-2-6-15/h3-4,7H,1-2,5-6H2. The lowest BCUT2D eigenvalue weighted by molar-refractivity contribution is 0.681. The van der Waals surface area contributed by atoms with Gasteiger partial charge >= 0.3 is 0 Å². The summed E-state index contributed by atoms with van der Waals surface area (Å²) in [5, 5.41) is 1.08. The molecule has 2 nitrogen and oxygen atoms in total. The van der Waals surface area contributed by atoms with Gasteiger partial charge in [0.1, 0.15) is 0 Å². The minimum Gasteiger partial charge on any atom is -0.249 e. The summed E-state index contributed by atoms with van der Waals surface area (Å²) in [6.07, 6.45) is 1.97. The van der Waals surface area contributed by atoms with E-state index in [4.69, 9.17) is 23.2 Å². The highest BCUT2D eigenvalue weighted by molar-refractivity contribution is 7.93. The molecule has 0 aromatic heterocycles. The Hall–Kier alpha value is -0.250. The van der Waals surface area contributed by atoms with Gasteiger partial charge in [-0.25, -0.2) is 4.21 Å². The zero-order chi connectivity index (χ0) is 10.9. The quantitative estimate of drug-likeness (QED) is 0.756. The first-order valence-corrected chi connectivity index (χ1v) is 7.38. The third-order valence-electron chi connectivity index (χ3n) is 2.35. The van der Waals surface area contributed by atoms with Crippen molar-refractivity contribution in [2.24, 2.45) is 4.36 Å². The van der Waals surface area contributed by atoms with Crippen LogP contribution in [0.15, 0.2) is 22.6 Å². The van der Waals surface area contributed by atoms with Gasteiger partial charge in [-0.15, -0.1) is 0 Å². The van der Waals surface area contributed by atoms with E-state index in [0.717, 1.165) is 12.8 Å². The van der Waals surface area contributed by atoms with E-state index in [1.807, 2.05) is 0 Å². The van der Waals surface area contributed by atoms with Gasteiger partial charge in [-0.2, -0.15) is 4.36 Å². The molecule has 1 aromatic rings. The first-order chi connectivity index (χ1) is 7.09. The number of halogens is 2. The molecular formula is C10H11Cl2NOS. The molecule has 0 N–H and O–H groups in total. The van der Waals surface area contributed by atoms with E-state index in [2.05, 4.69) is 4.36 Å². The van der Waals surface area contributed by atoms with Gasteiger partial charge in [-0.1, -0.05) is 23.2 Å². The molecular weight excluding hydrogens is 253 g/mol. The lowest BCUT2D eigenvalue weighted by atomic mass is 10.3. The second kappa shape index (κ2) is 4.32. The first kappa shape index (κ1) is 11.2. The molecule has 1 fully saturated rings. The molecule has 0 aliphatic carbocycles. The van der Waals surface area contributed by atoms with E-state index < -0.39 is 9.73 Å². The van der Waals surface area contributed by atoms with Gasteiger partial charge in [0.2, 0.25) is 0 Å². The second-order valence-corrected chi connectivity index (χ2v) is 6.96. The zero-order valence-electron chi connectivity index (χ0n) is 8.08. The second-order valence-electron chi connectivity index (χ2n) is 3.57. The van der Waals surface area contributed by atoms with Gasteiger partial charge in [0.15, 0.2) is 0 Å². The normalized spacial score (nSPS) is 19.1. The smallest absolute Gasteiger partial charge is 0.0931 e. The van der Waals surface area contributed by atoms with Crippen LogP contribution in [0.1, 0.15) is 12.8 Å². The summed E-state index contributed by atoms with van der Waals surface area (Å²) in [5.41, 5.74) is 0.552. The van der Waals surface area contributed by atoms with E-state index in [1.165, 1.54) is 0 Å². The van der Waals surface area contributed by atoms with Gasteiger partial charge in [0.25, 0.3) is 0 Å². The molecule has 2 rings (SSSR count). The molecule has 0 bridgehead atoms. The fourth-order valence-electron chi connectivity index (χ4n) is 1.58. The maximum atomic E-state index is 12.1. The summed E-state index contributed by atoms with van der Waals surface area (Å²) >= 11 is 11.8. The fraction of sp³-hybridized carbons (Fsp3) is 0.400. The van der Waals surface area contributed by atoms with Gasteiger partial charge in [0, 0.05) is 16.5 Å².